The van der Waals surface area contributed by atoms with Gasteiger partial charge >= 0.3 is 293 Å². The van der Waals surface area contributed by atoms with E-state index < -0.39 is 22.6 Å². The second kappa shape index (κ2) is 13.4. The van der Waals surface area contributed by atoms with Crippen molar-refractivity contribution in [1.29, 1.82) is 0 Å². The molecule has 0 aliphatic heterocycles. The van der Waals surface area contributed by atoms with Crippen LogP contribution in [0.5, 0.6) is 11.5 Å². The third kappa shape index (κ3) is 6.17. The Morgan fingerprint density at radius 2 is 0.896 bits per heavy atom. The van der Waals surface area contributed by atoms with Crippen LogP contribution in [0.3, 0.4) is 0 Å². The number of ether oxygens (including phenoxy) is 2. The molecule has 2 atom stereocenters. The summed E-state index contributed by atoms with van der Waals surface area (Å²) in [4.78, 5) is 0. The predicted molar refractivity (Wildman–Crippen MR) is 207 cm³/mol. The Bertz CT molecular complexity index is 1800. The average Bonchev–Trinajstić information content (AvgIpc) is 3.67. The van der Waals surface area contributed by atoms with E-state index >= 15 is 0 Å². The first-order valence-electron chi connectivity index (χ1n) is 18.0. The molecule has 2 nitrogen and oxygen atoms in total. The summed E-state index contributed by atoms with van der Waals surface area (Å²) < 4.78 is 18.7. The minimum atomic E-state index is -4.02. The topological polar surface area (TPSA) is 18.5 Å². The molecule has 4 aromatic carbocycles. The summed E-state index contributed by atoms with van der Waals surface area (Å²) in [7, 11) is 0. The number of hydrogen-bond acceptors (Lipinski definition) is 2. The second-order valence-electron chi connectivity index (χ2n) is 16.0. The molecule has 48 heavy (non-hydrogen) atoms. The monoisotopic (exact) mass is 822 g/mol. The standard InChI is InChI=1S/2C18H17O.C6H14Si.2CH3.Hf/c2*1-13(2)19-16-11-9-15(10-12-16)18-8-4-6-14-5-3-7-17(14)18;1-5(2)7-6(3)4;;;/h2*3-13H,1-2H3;5-6H,1-4H3;2*1H3;. The molecular weight excluding hydrogens is 767 g/mol. The van der Waals surface area contributed by atoms with Crippen molar-refractivity contribution in [3.63, 3.8) is 0 Å². The number of hydrogen-bond donors (Lipinski definition) is 0. The van der Waals surface area contributed by atoms with Gasteiger partial charge in [-0.15, -0.1) is 0 Å². The number of benzene rings is 4. The molecular formula is C44H54HfO2Si. The van der Waals surface area contributed by atoms with E-state index in [0.717, 1.165) is 11.5 Å². The van der Waals surface area contributed by atoms with Crippen LogP contribution in [-0.2, 0) is 17.1 Å². The van der Waals surface area contributed by atoms with Crippen molar-refractivity contribution in [2.45, 2.75) is 95.4 Å². The Morgan fingerprint density at radius 3 is 1.23 bits per heavy atom. The first-order valence-corrected chi connectivity index (χ1v) is 36.4. The van der Waals surface area contributed by atoms with Gasteiger partial charge in [0.15, 0.2) is 0 Å². The summed E-state index contributed by atoms with van der Waals surface area (Å²) in [5.41, 5.74) is 11.8. The van der Waals surface area contributed by atoms with E-state index in [0.29, 0.717) is 18.4 Å². The minimum absolute atomic E-state index is 0.167. The van der Waals surface area contributed by atoms with Crippen molar-refractivity contribution in [3.8, 4) is 33.8 Å². The summed E-state index contributed by atoms with van der Waals surface area (Å²) in [6.45, 7) is 18.4. The molecule has 6 rings (SSSR count). The van der Waals surface area contributed by atoms with Crippen molar-refractivity contribution in [1.82, 2.24) is 0 Å². The summed E-state index contributed by atoms with van der Waals surface area (Å²) >= 11 is -4.02. The fraction of sp³-hybridized carbons (Fsp3) is 0.364. The van der Waals surface area contributed by atoms with E-state index in [1.165, 1.54) is 33.4 Å². The molecule has 0 saturated heterocycles. The Morgan fingerprint density at radius 1 is 0.521 bits per heavy atom. The van der Waals surface area contributed by atoms with Gasteiger partial charge in [-0.25, -0.2) is 0 Å². The van der Waals surface area contributed by atoms with Crippen molar-refractivity contribution < 1.29 is 26.6 Å². The first kappa shape index (κ1) is 34.9. The van der Waals surface area contributed by atoms with Crippen LogP contribution in [0.1, 0.15) is 85.0 Å². The van der Waals surface area contributed by atoms with E-state index in [1.807, 2.05) is 0 Å². The van der Waals surface area contributed by atoms with Crippen LogP contribution in [0.15, 0.2) is 97.1 Å². The normalized spacial score (nSPS) is 17.1. The third-order valence-corrected chi connectivity index (χ3v) is 69.9. The Labute approximate surface area is 291 Å². The van der Waals surface area contributed by atoms with E-state index in [2.05, 4.69) is 174 Å². The molecule has 4 aromatic rings. The van der Waals surface area contributed by atoms with Gasteiger partial charge in [-0.2, -0.15) is 0 Å². The summed E-state index contributed by atoms with van der Waals surface area (Å²) in [5, 5.41) is 0. The van der Waals surface area contributed by atoms with E-state index in [9.17, 15) is 0 Å². The zero-order chi connectivity index (χ0) is 34.4. The zero-order valence-corrected chi connectivity index (χ0v) is 35.3. The first-order chi connectivity index (χ1) is 22.8. The van der Waals surface area contributed by atoms with Crippen LogP contribution < -0.4 is 9.47 Å². The molecule has 0 amide bonds. The molecule has 2 unspecified atom stereocenters. The maximum atomic E-state index is 5.97. The van der Waals surface area contributed by atoms with Gasteiger partial charge in [0.25, 0.3) is 0 Å². The van der Waals surface area contributed by atoms with Gasteiger partial charge in [0, 0.05) is 0 Å². The number of fused-ring (bicyclic) bond motifs is 2. The quantitative estimate of drug-likeness (QED) is 0.148. The van der Waals surface area contributed by atoms with Gasteiger partial charge < -0.3 is 0 Å². The average molecular weight is 821 g/mol. The third-order valence-electron chi connectivity index (χ3n) is 11.0. The van der Waals surface area contributed by atoms with Crippen molar-refractivity contribution in [2.75, 3.05) is 0 Å². The molecule has 0 N–H and O–H groups in total. The van der Waals surface area contributed by atoms with Crippen LogP contribution in [0.2, 0.25) is 20.4 Å². The molecule has 0 saturated carbocycles. The van der Waals surface area contributed by atoms with Crippen molar-refractivity contribution >= 4 is 17.6 Å². The van der Waals surface area contributed by atoms with E-state index in [1.54, 1.807) is 11.1 Å². The van der Waals surface area contributed by atoms with Crippen LogP contribution in [0.25, 0.3) is 34.4 Å². The fourth-order valence-corrected chi connectivity index (χ4v) is 81.6. The zero-order valence-electron chi connectivity index (χ0n) is 30.7. The molecule has 0 heterocycles. The van der Waals surface area contributed by atoms with Crippen LogP contribution in [-0.4, -0.2) is 17.7 Å². The van der Waals surface area contributed by atoms with Crippen LogP contribution in [0, 0.1) is 0 Å². The molecule has 2 aliphatic carbocycles. The Kier molecular flexibility index (Phi) is 9.74. The summed E-state index contributed by atoms with van der Waals surface area (Å²) in [6.07, 6.45) is 10.6. The SMILES string of the molecule is CC(C)Oc1ccc(-c2cccc3c2C=C[CH]3[Hf]([CH3])([CH3])([CH]2C=Cc3c(-c4ccc(OC(C)C)cc4)cccc32)=[Si](C(C)C)C(C)C)cc1. The summed E-state index contributed by atoms with van der Waals surface area (Å²) in [5.74, 6) is 1.86. The molecule has 2 aliphatic rings. The van der Waals surface area contributed by atoms with Gasteiger partial charge in [0.1, 0.15) is 0 Å². The number of allylic oxidation sites excluding steroid dienone is 2. The maximum absolute atomic E-state index is 5.97. The second-order valence-corrected chi connectivity index (χ2v) is 61.6. The van der Waals surface area contributed by atoms with Gasteiger partial charge in [0.05, 0.1) is 0 Å². The molecule has 0 bridgehead atoms. The van der Waals surface area contributed by atoms with Crippen LogP contribution >= 0.6 is 0 Å². The van der Waals surface area contributed by atoms with Gasteiger partial charge in [-0.05, 0) is 0 Å². The molecule has 4 heteroatoms. The number of rotatable bonds is 10. The van der Waals surface area contributed by atoms with Gasteiger partial charge in [-0.1, -0.05) is 0 Å². The van der Waals surface area contributed by atoms with Crippen molar-refractivity contribution in [3.05, 3.63) is 119 Å². The molecule has 0 radical (unpaired) electrons. The van der Waals surface area contributed by atoms with E-state index in [-0.39, 0.29) is 12.2 Å². The van der Waals surface area contributed by atoms with Gasteiger partial charge in [0.2, 0.25) is 0 Å². The molecule has 250 valence electrons. The molecule has 0 fully saturated rings. The summed E-state index contributed by atoms with van der Waals surface area (Å²) in [6, 6.07) is 31.6. The van der Waals surface area contributed by atoms with Crippen molar-refractivity contribution in [2.24, 2.45) is 0 Å². The van der Waals surface area contributed by atoms with Crippen LogP contribution in [0.4, 0.5) is 0 Å². The Balaban J connectivity index is 1.49. The van der Waals surface area contributed by atoms with E-state index in [4.69, 9.17) is 9.47 Å². The molecule has 0 spiro atoms. The molecule has 0 aromatic heterocycles. The predicted octanol–water partition coefficient (Wildman–Crippen LogP) is 13.0. The Hall–Kier alpha value is -2.95. The van der Waals surface area contributed by atoms with Gasteiger partial charge in [-0.3, -0.25) is 0 Å². The fourth-order valence-electron chi connectivity index (χ4n) is 9.74.